The van der Waals surface area contributed by atoms with E-state index in [1.54, 1.807) is 0 Å². The van der Waals surface area contributed by atoms with E-state index in [1.807, 2.05) is 33.8 Å². The summed E-state index contributed by atoms with van der Waals surface area (Å²) in [6.07, 6.45) is -0.577. The molecule has 0 heterocycles. The molecule has 0 saturated carbocycles. The van der Waals surface area contributed by atoms with Gasteiger partial charge in [-0.2, -0.15) is 8.78 Å². The second-order valence-corrected chi connectivity index (χ2v) is 4.75. The number of carboxylic acids is 1. The lowest BCUT2D eigenvalue weighted by Crippen LogP contribution is -2.28. The van der Waals surface area contributed by atoms with Crippen molar-refractivity contribution in [2.24, 2.45) is 0 Å². The molecule has 4 heteroatoms. The highest BCUT2D eigenvalue weighted by atomic mass is 19.3. The minimum absolute atomic E-state index is 0.0828. The molecule has 1 rings (SSSR count). The van der Waals surface area contributed by atoms with Crippen LogP contribution in [-0.4, -0.2) is 17.0 Å². The summed E-state index contributed by atoms with van der Waals surface area (Å²) in [5.41, 5.74) is 4.88. The average molecular weight is 256 g/mol. The third-order valence-corrected chi connectivity index (χ3v) is 3.52. The van der Waals surface area contributed by atoms with Gasteiger partial charge >= 0.3 is 11.9 Å². The van der Waals surface area contributed by atoms with Gasteiger partial charge in [0.25, 0.3) is 0 Å². The monoisotopic (exact) mass is 256 g/mol. The minimum atomic E-state index is -3.66. The summed E-state index contributed by atoms with van der Waals surface area (Å²) in [6.45, 7) is 7.63. The van der Waals surface area contributed by atoms with Crippen LogP contribution in [0.3, 0.4) is 0 Å². The second kappa shape index (κ2) is 5.04. The van der Waals surface area contributed by atoms with E-state index in [0.717, 1.165) is 27.8 Å². The molecule has 0 spiro atoms. The number of benzene rings is 1. The Morgan fingerprint density at radius 2 is 1.61 bits per heavy atom. The highest BCUT2D eigenvalue weighted by molar-refractivity contribution is 5.75. The topological polar surface area (TPSA) is 37.3 Å². The van der Waals surface area contributed by atoms with Crippen LogP contribution >= 0.6 is 0 Å². The van der Waals surface area contributed by atoms with Crippen molar-refractivity contribution in [1.82, 2.24) is 0 Å². The molecule has 0 bridgehead atoms. The predicted molar refractivity (Wildman–Crippen MR) is 66.3 cm³/mol. The third kappa shape index (κ3) is 2.86. The van der Waals surface area contributed by atoms with E-state index in [1.165, 1.54) is 0 Å². The molecule has 18 heavy (non-hydrogen) atoms. The van der Waals surface area contributed by atoms with Gasteiger partial charge in [0.2, 0.25) is 0 Å². The van der Waals surface area contributed by atoms with Crippen molar-refractivity contribution >= 4 is 5.97 Å². The Morgan fingerprint density at radius 1 is 1.17 bits per heavy atom. The maximum absolute atomic E-state index is 13.1. The Labute approximate surface area is 106 Å². The molecule has 1 aromatic rings. The van der Waals surface area contributed by atoms with Crippen molar-refractivity contribution in [3.8, 4) is 0 Å². The molecule has 0 atom stereocenters. The van der Waals surface area contributed by atoms with E-state index >= 15 is 0 Å². The fourth-order valence-electron chi connectivity index (χ4n) is 2.06. The van der Waals surface area contributed by atoms with Gasteiger partial charge in [0.15, 0.2) is 0 Å². The first-order valence-electron chi connectivity index (χ1n) is 5.84. The molecule has 100 valence electrons. The molecule has 1 aromatic carbocycles. The average Bonchev–Trinajstić information content (AvgIpc) is 2.26. The van der Waals surface area contributed by atoms with Crippen LogP contribution in [0, 0.1) is 27.7 Å². The van der Waals surface area contributed by atoms with Gasteiger partial charge in [-0.05, 0) is 61.9 Å². The van der Waals surface area contributed by atoms with Gasteiger partial charge in [-0.15, -0.1) is 0 Å². The third-order valence-electron chi connectivity index (χ3n) is 3.52. The molecule has 0 fully saturated rings. The molecule has 0 saturated heterocycles. The zero-order chi connectivity index (χ0) is 14.1. The number of aliphatic carboxylic acids is 1. The molecule has 0 amide bonds. The maximum Gasteiger partial charge on any atom is 0.374 e. The maximum atomic E-state index is 13.1. The molecule has 0 aliphatic carbocycles. The van der Waals surface area contributed by atoms with Crippen molar-refractivity contribution in [3.05, 3.63) is 33.9 Å². The molecule has 0 unspecified atom stereocenters. The van der Waals surface area contributed by atoms with Crippen LogP contribution in [0.1, 0.15) is 34.2 Å². The van der Waals surface area contributed by atoms with Crippen LogP contribution in [-0.2, 0) is 11.2 Å². The highest BCUT2D eigenvalue weighted by Crippen LogP contribution is 2.27. The van der Waals surface area contributed by atoms with Crippen molar-refractivity contribution in [3.63, 3.8) is 0 Å². The van der Waals surface area contributed by atoms with Gasteiger partial charge in [-0.1, -0.05) is 6.07 Å². The summed E-state index contributed by atoms with van der Waals surface area (Å²) in [5, 5.41) is 8.42. The number of hydrogen-bond acceptors (Lipinski definition) is 1. The molecule has 1 N–H and O–H groups in total. The van der Waals surface area contributed by atoms with Crippen molar-refractivity contribution < 1.29 is 18.7 Å². The van der Waals surface area contributed by atoms with E-state index in [9.17, 15) is 13.6 Å². The summed E-state index contributed by atoms with van der Waals surface area (Å²) in [4.78, 5) is 10.4. The number of carbonyl (C=O) groups is 1. The van der Waals surface area contributed by atoms with Crippen molar-refractivity contribution in [2.45, 2.75) is 46.5 Å². The fraction of sp³-hybridized carbons (Fsp3) is 0.500. The van der Waals surface area contributed by atoms with E-state index < -0.39 is 18.3 Å². The summed E-state index contributed by atoms with van der Waals surface area (Å²) >= 11 is 0. The van der Waals surface area contributed by atoms with Gasteiger partial charge in [0.05, 0.1) is 0 Å². The van der Waals surface area contributed by atoms with Gasteiger partial charge < -0.3 is 5.11 Å². The largest absolute Gasteiger partial charge is 0.477 e. The number of rotatable bonds is 4. The second-order valence-electron chi connectivity index (χ2n) is 4.75. The summed E-state index contributed by atoms with van der Waals surface area (Å²) in [7, 11) is 0. The normalized spacial score (nSPS) is 11.7. The van der Waals surface area contributed by atoms with Crippen molar-refractivity contribution in [2.75, 3.05) is 0 Å². The Morgan fingerprint density at radius 3 is 2.00 bits per heavy atom. The molecule has 0 aromatic heterocycles. The fourth-order valence-corrected chi connectivity index (χ4v) is 2.06. The van der Waals surface area contributed by atoms with Gasteiger partial charge in [0.1, 0.15) is 0 Å². The van der Waals surface area contributed by atoms with E-state index in [0.29, 0.717) is 0 Å². The van der Waals surface area contributed by atoms with Gasteiger partial charge in [-0.25, -0.2) is 4.79 Å². The first-order chi connectivity index (χ1) is 8.16. The quantitative estimate of drug-likeness (QED) is 0.894. The summed E-state index contributed by atoms with van der Waals surface area (Å²) < 4.78 is 26.2. The number of carboxylic acid groups (broad SMARTS) is 1. The van der Waals surface area contributed by atoms with E-state index in [2.05, 4.69) is 0 Å². The van der Waals surface area contributed by atoms with Gasteiger partial charge in [-0.3, -0.25) is 0 Å². The molecule has 0 aliphatic heterocycles. The van der Waals surface area contributed by atoms with Crippen LogP contribution in [0.4, 0.5) is 8.78 Å². The zero-order valence-electron chi connectivity index (χ0n) is 11.1. The summed E-state index contributed by atoms with van der Waals surface area (Å²) in [5.74, 6) is -5.71. The lowest BCUT2D eigenvalue weighted by atomic mass is 9.91. The van der Waals surface area contributed by atoms with Crippen LogP contribution in [0.5, 0.6) is 0 Å². The van der Waals surface area contributed by atoms with Crippen LogP contribution in [0.15, 0.2) is 6.07 Å². The SMILES string of the molecule is Cc1cc(C)c(C)c(CCC(F)(F)C(=O)O)c1C. The summed E-state index contributed by atoms with van der Waals surface area (Å²) in [6, 6.07) is 2.02. The molecule has 2 nitrogen and oxygen atoms in total. The van der Waals surface area contributed by atoms with Crippen LogP contribution in [0.25, 0.3) is 0 Å². The van der Waals surface area contributed by atoms with E-state index in [4.69, 9.17) is 5.11 Å². The zero-order valence-corrected chi connectivity index (χ0v) is 11.1. The Bertz CT molecular complexity index is 453. The number of aryl methyl sites for hydroxylation is 2. The molecule has 0 aliphatic rings. The lowest BCUT2D eigenvalue weighted by molar-refractivity contribution is -0.165. The Balaban J connectivity index is 3.02. The standard InChI is InChI=1S/C14H18F2O2/c1-8-7-9(2)11(4)12(10(8)3)5-6-14(15,16)13(17)18/h7H,5-6H2,1-4H3,(H,17,18). The first-order valence-corrected chi connectivity index (χ1v) is 5.84. The van der Waals surface area contributed by atoms with Crippen LogP contribution in [0.2, 0.25) is 0 Å². The van der Waals surface area contributed by atoms with Crippen LogP contribution < -0.4 is 0 Å². The molecular weight excluding hydrogens is 238 g/mol. The first kappa shape index (κ1) is 14.6. The van der Waals surface area contributed by atoms with E-state index in [-0.39, 0.29) is 6.42 Å². The Hall–Kier alpha value is -1.45. The predicted octanol–water partition coefficient (Wildman–Crippen LogP) is 3.57. The minimum Gasteiger partial charge on any atom is -0.477 e. The molecular formula is C14H18F2O2. The number of hydrogen-bond donors (Lipinski definition) is 1. The Kier molecular flexibility index (Phi) is 4.09. The number of alkyl halides is 2. The van der Waals surface area contributed by atoms with Gasteiger partial charge in [0, 0.05) is 6.42 Å². The lowest BCUT2D eigenvalue weighted by Gasteiger charge is -2.17. The molecule has 0 radical (unpaired) electrons. The number of halogens is 2. The van der Waals surface area contributed by atoms with Crippen molar-refractivity contribution in [1.29, 1.82) is 0 Å². The smallest absolute Gasteiger partial charge is 0.374 e. The highest BCUT2D eigenvalue weighted by Gasteiger charge is 2.38.